The van der Waals surface area contributed by atoms with Gasteiger partial charge in [-0.1, -0.05) is 43.2 Å². The van der Waals surface area contributed by atoms with Crippen LogP contribution in [0.2, 0.25) is 0 Å². The number of carbonyl (C=O) groups excluding carboxylic acids is 2. The van der Waals surface area contributed by atoms with Crippen molar-refractivity contribution < 1.29 is 14.3 Å². The summed E-state index contributed by atoms with van der Waals surface area (Å²) in [5.41, 5.74) is 1.03. The molecule has 0 unspecified atom stereocenters. The minimum atomic E-state index is -0.257. The number of rotatable bonds is 5. The minimum Gasteiger partial charge on any atom is -0.455 e. The van der Waals surface area contributed by atoms with Crippen LogP contribution in [0.3, 0.4) is 0 Å². The largest absolute Gasteiger partial charge is 0.455 e. The second-order valence-electron chi connectivity index (χ2n) is 5.29. The third-order valence-corrected chi connectivity index (χ3v) is 3.71. The van der Waals surface area contributed by atoms with Gasteiger partial charge in [0.15, 0.2) is 6.61 Å². The van der Waals surface area contributed by atoms with Crippen molar-refractivity contribution in [2.75, 3.05) is 6.61 Å². The van der Waals surface area contributed by atoms with E-state index in [1.165, 1.54) is 0 Å². The number of nitrogens with one attached hydrogen (secondary N) is 1. The predicted molar refractivity (Wildman–Crippen MR) is 75.9 cm³/mol. The number of carbonyl (C=O) groups is 2. The van der Waals surface area contributed by atoms with Gasteiger partial charge in [-0.2, -0.15) is 0 Å². The zero-order chi connectivity index (χ0) is 14.4. The van der Waals surface area contributed by atoms with Crippen LogP contribution >= 0.6 is 0 Å². The van der Waals surface area contributed by atoms with E-state index in [4.69, 9.17) is 4.74 Å². The standard InChI is InChI=1S/C16H21NO3/c1-12(13-7-3-2-4-8-13)17-15(18)11-20-16(19)14-9-5-6-10-14/h2-4,7-8,12,14H,5-6,9-11H2,1H3,(H,17,18)/t12-/m0/s1. The van der Waals surface area contributed by atoms with Crippen molar-refractivity contribution in [3.8, 4) is 0 Å². The van der Waals surface area contributed by atoms with E-state index in [0.717, 1.165) is 31.2 Å². The molecule has 4 heteroatoms. The maximum atomic E-state index is 11.8. The van der Waals surface area contributed by atoms with E-state index in [0.29, 0.717) is 0 Å². The van der Waals surface area contributed by atoms with Gasteiger partial charge in [0.05, 0.1) is 12.0 Å². The molecule has 1 aliphatic rings. The van der Waals surface area contributed by atoms with E-state index in [9.17, 15) is 9.59 Å². The summed E-state index contributed by atoms with van der Waals surface area (Å²) >= 11 is 0. The molecule has 1 N–H and O–H groups in total. The summed E-state index contributed by atoms with van der Waals surface area (Å²) in [6.45, 7) is 1.72. The molecule has 0 aromatic heterocycles. The van der Waals surface area contributed by atoms with Crippen LogP contribution in [0.4, 0.5) is 0 Å². The summed E-state index contributed by atoms with van der Waals surface area (Å²) in [5, 5.41) is 2.83. The first kappa shape index (κ1) is 14.6. The van der Waals surface area contributed by atoms with Gasteiger partial charge in [-0.15, -0.1) is 0 Å². The minimum absolute atomic E-state index is 0.00523. The van der Waals surface area contributed by atoms with Crippen molar-refractivity contribution in [2.45, 2.75) is 38.6 Å². The summed E-state index contributed by atoms with van der Waals surface area (Å²) in [4.78, 5) is 23.5. The first-order valence-corrected chi connectivity index (χ1v) is 7.18. The third-order valence-electron chi connectivity index (χ3n) is 3.71. The van der Waals surface area contributed by atoms with E-state index in [2.05, 4.69) is 5.32 Å². The second-order valence-corrected chi connectivity index (χ2v) is 5.29. The van der Waals surface area contributed by atoms with Crippen molar-refractivity contribution in [1.29, 1.82) is 0 Å². The van der Waals surface area contributed by atoms with Crippen LogP contribution in [0.5, 0.6) is 0 Å². The monoisotopic (exact) mass is 275 g/mol. The Morgan fingerprint density at radius 2 is 1.90 bits per heavy atom. The zero-order valence-electron chi connectivity index (χ0n) is 11.8. The van der Waals surface area contributed by atoms with Crippen LogP contribution in [0.25, 0.3) is 0 Å². The molecule has 1 aliphatic carbocycles. The average Bonchev–Trinajstić information content (AvgIpc) is 3.00. The molecule has 1 fully saturated rings. The number of hydrogen-bond acceptors (Lipinski definition) is 3. The first-order chi connectivity index (χ1) is 9.66. The summed E-state index contributed by atoms with van der Waals surface area (Å²) in [5.74, 6) is -0.493. The number of amides is 1. The van der Waals surface area contributed by atoms with E-state index < -0.39 is 0 Å². The van der Waals surface area contributed by atoms with Crippen LogP contribution in [-0.2, 0) is 14.3 Å². The quantitative estimate of drug-likeness (QED) is 0.840. The lowest BCUT2D eigenvalue weighted by Gasteiger charge is -2.15. The van der Waals surface area contributed by atoms with Crippen LogP contribution < -0.4 is 5.32 Å². The van der Waals surface area contributed by atoms with Gasteiger partial charge in [0, 0.05) is 0 Å². The molecule has 4 nitrogen and oxygen atoms in total. The highest BCUT2D eigenvalue weighted by atomic mass is 16.5. The van der Waals surface area contributed by atoms with E-state index in [1.54, 1.807) is 0 Å². The molecule has 0 radical (unpaired) electrons. The Labute approximate surface area is 119 Å². The molecular weight excluding hydrogens is 254 g/mol. The van der Waals surface area contributed by atoms with Gasteiger partial charge in [0.25, 0.3) is 5.91 Å². The van der Waals surface area contributed by atoms with Gasteiger partial charge in [-0.3, -0.25) is 9.59 Å². The van der Waals surface area contributed by atoms with Gasteiger partial charge in [0.1, 0.15) is 0 Å². The normalized spacial score (nSPS) is 16.6. The molecule has 1 aromatic rings. The Balaban J connectivity index is 1.73. The third kappa shape index (κ3) is 4.08. The summed E-state index contributed by atoms with van der Waals surface area (Å²) in [6, 6.07) is 9.61. The van der Waals surface area contributed by atoms with E-state index in [1.807, 2.05) is 37.3 Å². The Kier molecular flexibility index (Phi) is 5.16. The fourth-order valence-corrected chi connectivity index (χ4v) is 2.52. The van der Waals surface area contributed by atoms with Crippen LogP contribution in [-0.4, -0.2) is 18.5 Å². The van der Waals surface area contributed by atoms with Gasteiger partial charge in [-0.25, -0.2) is 0 Å². The molecule has 0 saturated heterocycles. The maximum absolute atomic E-state index is 11.8. The molecule has 1 saturated carbocycles. The van der Waals surface area contributed by atoms with E-state index >= 15 is 0 Å². The highest BCUT2D eigenvalue weighted by molar-refractivity contribution is 5.81. The van der Waals surface area contributed by atoms with Crippen molar-refractivity contribution in [2.24, 2.45) is 5.92 Å². The second kappa shape index (κ2) is 7.08. The van der Waals surface area contributed by atoms with Crippen LogP contribution in [0, 0.1) is 5.92 Å². The van der Waals surface area contributed by atoms with Crippen molar-refractivity contribution in [3.05, 3.63) is 35.9 Å². The van der Waals surface area contributed by atoms with Crippen LogP contribution in [0.15, 0.2) is 30.3 Å². The van der Waals surface area contributed by atoms with Gasteiger partial charge in [0.2, 0.25) is 0 Å². The number of hydrogen-bond donors (Lipinski definition) is 1. The van der Waals surface area contributed by atoms with Crippen molar-refractivity contribution >= 4 is 11.9 Å². The Bertz CT molecular complexity index is 452. The lowest BCUT2D eigenvalue weighted by atomic mass is 10.1. The first-order valence-electron chi connectivity index (χ1n) is 7.18. The smallest absolute Gasteiger partial charge is 0.309 e. The highest BCUT2D eigenvalue weighted by Crippen LogP contribution is 2.25. The summed E-state index contributed by atoms with van der Waals surface area (Å²) < 4.78 is 5.07. The number of esters is 1. The Morgan fingerprint density at radius 3 is 2.55 bits per heavy atom. The summed E-state index contributed by atoms with van der Waals surface area (Å²) in [7, 11) is 0. The predicted octanol–water partition coefficient (Wildman–Crippen LogP) is 2.60. The number of ether oxygens (including phenoxy) is 1. The maximum Gasteiger partial charge on any atom is 0.309 e. The zero-order valence-corrected chi connectivity index (χ0v) is 11.8. The van der Waals surface area contributed by atoms with Gasteiger partial charge < -0.3 is 10.1 Å². The molecule has 0 spiro atoms. The fraction of sp³-hybridized carbons (Fsp3) is 0.500. The van der Waals surface area contributed by atoms with Gasteiger partial charge in [-0.05, 0) is 25.3 Å². The molecule has 108 valence electrons. The lowest BCUT2D eigenvalue weighted by Crippen LogP contribution is -2.32. The molecule has 2 rings (SSSR count). The molecule has 20 heavy (non-hydrogen) atoms. The summed E-state index contributed by atoms with van der Waals surface area (Å²) in [6.07, 6.45) is 3.94. The average molecular weight is 275 g/mol. The molecule has 1 aromatic carbocycles. The molecule has 1 atom stereocenters. The van der Waals surface area contributed by atoms with Gasteiger partial charge >= 0.3 is 5.97 Å². The van der Waals surface area contributed by atoms with E-state index in [-0.39, 0.29) is 30.4 Å². The van der Waals surface area contributed by atoms with Crippen LogP contribution in [0.1, 0.15) is 44.2 Å². The molecule has 0 aliphatic heterocycles. The number of benzene rings is 1. The Morgan fingerprint density at radius 1 is 1.25 bits per heavy atom. The fourth-order valence-electron chi connectivity index (χ4n) is 2.52. The van der Waals surface area contributed by atoms with Crippen molar-refractivity contribution in [1.82, 2.24) is 5.32 Å². The van der Waals surface area contributed by atoms with Crippen molar-refractivity contribution in [3.63, 3.8) is 0 Å². The molecule has 0 heterocycles. The molecular formula is C16H21NO3. The topological polar surface area (TPSA) is 55.4 Å². The lowest BCUT2D eigenvalue weighted by molar-refractivity contribution is -0.152. The molecule has 1 amide bonds. The SMILES string of the molecule is C[C@H](NC(=O)COC(=O)C1CCCC1)c1ccccc1. The molecule has 0 bridgehead atoms. The Hall–Kier alpha value is -1.84. The highest BCUT2D eigenvalue weighted by Gasteiger charge is 2.24.